The molecule has 0 spiro atoms. The number of benzene rings is 2. The molecule has 4 aromatic rings. The Balaban J connectivity index is 1.79. The first-order chi connectivity index (χ1) is 14.9. The Morgan fingerprint density at radius 3 is 2.71 bits per heavy atom. The molecule has 0 saturated heterocycles. The number of aromatic amines is 1. The summed E-state index contributed by atoms with van der Waals surface area (Å²) in [6, 6.07) is 11.9. The molecule has 1 amide bonds. The van der Waals surface area contributed by atoms with Gasteiger partial charge in [-0.15, -0.1) is 0 Å². The molecular weight excluding hydrogens is 438 g/mol. The summed E-state index contributed by atoms with van der Waals surface area (Å²) in [5.74, 6) is -0.262. The fourth-order valence-electron chi connectivity index (χ4n) is 3.29. The molecule has 31 heavy (non-hydrogen) atoms. The van der Waals surface area contributed by atoms with Crippen LogP contribution in [0.4, 0.5) is 0 Å². The van der Waals surface area contributed by atoms with Crippen LogP contribution in [-0.2, 0) is 11.3 Å². The molecule has 0 aliphatic rings. The Morgan fingerprint density at radius 2 is 1.97 bits per heavy atom. The van der Waals surface area contributed by atoms with Gasteiger partial charge >= 0.3 is 5.97 Å². The fourth-order valence-corrected chi connectivity index (χ4v) is 4.59. The second kappa shape index (κ2) is 8.32. The van der Waals surface area contributed by atoms with Gasteiger partial charge in [0.25, 0.3) is 11.5 Å². The molecule has 0 aliphatic heterocycles. The predicted molar refractivity (Wildman–Crippen MR) is 120 cm³/mol. The van der Waals surface area contributed by atoms with Gasteiger partial charge in [0.05, 0.1) is 30.7 Å². The van der Waals surface area contributed by atoms with Crippen molar-refractivity contribution in [1.29, 1.82) is 0 Å². The number of thiazole rings is 1. The number of nitrogens with zero attached hydrogens (tertiary/aromatic N) is 1. The van der Waals surface area contributed by atoms with E-state index in [1.54, 1.807) is 11.5 Å². The summed E-state index contributed by atoms with van der Waals surface area (Å²) in [4.78, 5) is 40.5. The van der Waals surface area contributed by atoms with Crippen molar-refractivity contribution in [3.8, 4) is 5.75 Å². The number of hydrogen-bond donors (Lipinski definition) is 2. The van der Waals surface area contributed by atoms with Crippen molar-refractivity contribution in [2.75, 3.05) is 14.2 Å². The average Bonchev–Trinajstić information content (AvgIpc) is 3.13. The maximum absolute atomic E-state index is 12.9. The van der Waals surface area contributed by atoms with Crippen LogP contribution in [0.3, 0.4) is 0 Å². The van der Waals surface area contributed by atoms with E-state index in [-0.39, 0.29) is 28.5 Å². The van der Waals surface area contributed by atoms with Crippen molar-refractivity contribution in [2.24, 2.45) is 0 Å². The number of fused-ring (bicyclic) bond motifs is 3. The molecule has 2 aromatic carbocycles. The zero-order valence-electron chi connectivity index (χ0n) is 16.6. The maximum Gasteiger partial charge on any atom is 0.337 e. The van der Waals surface area contributed by atoms with Crippen LogP contribution in [0.2, 0.25) is 0 Å². The molecule has 2 N–H and O–H groups in total. The van der Waals surface area contributed by atoms with Crippen LogP contribution in [0, 0.1) is 3.95 Å². The number of carbonyl (C=O) groups excluding carboxylic acids is 2. The van der Waals surface area contributed by atoms with Gasteiger partial charge in [0.1, 0.15) is 16.3 Å². The van der Waals surface area contributed by atoms with E-state index in [1.807, 2.05) is 24.3 Å². The summed E-state index contributed by atoms with van der Waals surface area (Å²) in [6.45, 7) is 0.240. The summed E-state index contributed by atoms with van der Waals surface area (Å²) in [6.07, 6.45) is 0. The Labute approximate surface area is 185 Å². The number of esters is 1. The van der Waals surface area contributed by atoms with Crippen LogP contribution < -0.4 is 15.6 Å². The Bertz CT molecular complexity index is 1450. The lowest BCUT2D eigenvalue weighted by Gasteiger charge is -2.09. The number of ether oxygens (including phenoxy) is 2. The van der Waals surface area contributed by atoms with E-state index in [9.17, 15) is 14.4 Å². The van der Waals surface area contributed by atoms with E-state index < -0.39 is 11.5 Å². The van der Waals surface area contributed by atoms with E-state index in [0.717, 1.165) is 16.9 Å². The van der Waals surface area contributed by atoms with Crippen LogP contribution in [-0.4, -0.2) is 35.5 Å². The van der Waals surface area contributed by atoms with Crippen LogP contribution in [0.1, 0.15) is 25.6 Å². The van der Waals surface area contributed by atoms with Crippen molar-refractivity contribution in [2.45, 2.75) is 6.54 Å². The van der Waals surface area contributed by atoms with Crippen LogP contribution in [0.25, 0.3) is 16.6 Å². The highest BCUT2D eigenvalue weighted by Gasteiger charge is 2.19. The molecule has 0 unspecified atom stereocenters. The number of hydrogen-bond acceptors (Lipinski definition) is 7. The second-order valence-electron chi connectivity index (χ2n) is 6.55. The van der Waals surface area contributed by atoms with Crippen molar-refractivity contribution in [3.05, 3.63) is 72.8 Å². The molecule has 0 saturated carbocycles. The number of amides is 1. The SMILES string of the molecule is COC(=O)c1ccc2c(=O)[nH]c3c(C(=O)NCc4ccccc4OC)sc(=S)n3c2c1. The molecule has 0 bridgehead atoms. The maximum atomic E-state index is 12.9. The van der Waals surface area contributed by atoms with Crippen LogP contribution >= 0.6 is 23.6 Å². The van der Waals surface area contributed by atoms with Crippen LogP contribution in [0.5, 0.6) is 5.75 Å². The van der Waals surface area contributed by atoms with E-state index in [1.165, 1.54) is 25.3 Å². The number of nitrogens with one attached hydrogen (secondary N) is 2. The highest BCUT2D eigenvalue weighted by atomic mass is 32.1. The summed E-state index contributed by atoms with van der Waals surface area (Å²) in [7, 11) is 2.84. The minimum Gasteiger partial charge on any atom is -0.496 e. The molecule has 0 aliphatic carbocycles. The number of H-pyrrole nitrogens is 1. The Morgan fingerprint density at radius 1 is 1.19 bits per heavy atom. The Hall–Kier alpha value is -3.50. The minimum absolute atomic E-state index is 0.240. The van der Waals surface area contributed by atoms with Gasteiger partial charge in [0.15, 0.2) is 3.95 Å². The van der Waals surface area contributed by atoms with Crippen molar-refractivity contribution in [1.82, 2.24) is 14.7 Å². The van der Waals surface area contributed by atoms with E-state index >= 15 is 0 Å². The summed E-state index contributed by atoms with van der Waals surface area (Å²) in [5.41, 5.74) is 1.39. The van der Waals surface area contributed by atoms with Gasteiger partial charge in [-0.05, 0) is 36.5 Å². The summed E-state index contributed by atoms with van der Waals surface area (Å²) >= 11 is 6.53. The number of para-hydroxylation sites is 1. The molecular formula is C21H17N3O5S2. The molecule has 8 nitrogen and oxygen atoms in total. The van der Waals surface area contributed by atoms with Gasteiger partial charge in [-0.25, -0.2) is 4.79 Å². The first kappa shape index (κ1) is 20.8. The van der Waals surface area contributed by atoms with Crippen molar-refractivity contribution < 1.29 is 19.1 Å². The quantitative estimate of drug-likeness (QED) is 0.354. The molecule has 0 fully saturated rings. The first-order valence-corrected chi connectivity index (χ1v) is 10.4. The summed E-state index contributed by atoms with van der Waals surface area (Å²) < 4.78 is 12.0. The van der Waals surface area contributed by atoms with Gasteiger partial charge < -0.3 is 19.8 Å². The highest BCUT2D eigenvalue weighted by Crippen LogP contribution is 2.24. The molecule has 2 heterocycles. The van der Waals surface area contributed by atoms with Crippen molar-refractivity contribution in [3.63, 3.8) is 0 Å². The third-order valence-corrected chi connectivity index (χ3v) is 6.16. The number of carbonyl (C=O) groups is 2. The lowest BCUT2D eigenvalue weighted by Crippen LogP contribution is -2.23. The van der Waals surface area contributed by atoms with E-state index in [0.29, 0.717) is 20.6 Å². The van der Waals surface area contributed by atoms with Gasteiger partial charge in [-0.3, -0.25) is 14.0 Å². The third kappa shape index (κ3) is 3.71. The zero-order valence-corrected chi connectivity index (χ0v) is 18.2. The lowest BCUT2D eigenvalue weighted by atomic mass is 10.1. The normalized spacial score (nSPS) is 10.9. The number of methoxy groups -OCH3 is 2. The number of aromatic nitrogens is 2. The van der Waals surface area contributed by atoms with Gasteiger partial charge in [0, 0.05) is 12.1 Å². The summed E-state index contributed by atoms with van der Waals surface area (Å²) in [5, 5.41) is 3.18. The largest absolute Gasteiger partial charge is 0.496 e. The van der Waals surface area contributed by atoms with E-state index in [2.05, 4.69) is 10.3 Å². The average molecular weight is 456 g/mol. The lowest BCUT2D eigenvalue weighted by molar-refractivity contribution is 0.0600. The molecule has 4 rings (SSSR count). The standard InChI is InChI=1S/C21H17N3O5S2/c1-28-15-6-4-3-5-12(15)10-22-19(26)16-17-23-18(25)13-8-7-11(20(27)29-2)9-14(13)24(17)21(30)31-16/h3-9H,10H2,1-2H3,(H,22,26)(H,23,25). The monoisotopic (exact) mass is 455 g/mol. The molecule has 158 valence electrons. The second-order valence-corrected chi connectivity index (χ2v) is 8.20. The van der Waals surface area contributed by atoms with Gasteiger partial charge in [-0.2, -0.15) is 0 Å². The fraction of sp³-hybridized carbons (Fsp3) is 0.143. The van der Waals surface area contributed by atoms with Crippen LogP contribution in [0.15, 0.2) is 47.3 Å². The molecule has 0 radical (unpaired) electrons. The predicted octanol–water partition coefficient (Wildman–Crippen LogP) is 3.30. The minimum atomic E-state index is -0.535. The zero-order chi connectivity index (χ0) is 22.1. The van der Waals surface area contributed by atoms with Gasteiger partial charge in [-0.1, -0.05) is 29.5 Å². The molecule has 2 aromatic heterocycles. The number of rotatable bonds is 5. The molecule has 0 atom stereocenters. The third-order valence-electron chi connectivity index (χ3n) is 4.79. The topological polar surface area (TPSA) is 102 Å². The van der Waals surface area contributed by atoms with Gasteiger partial charge in [0.2, 0.25) is 0 Å². The van der Waals surface area contributed by atoms with E-state index in [4.69, 9.17) is 21.7 Å². The molecule has 10 heteroatoms. The van der Waals surface area contributed by atoms with Crippen molar-refractivity contribution >= 4 is 52.0 Å². The first-order valence-electron chi connectivity index (χ1n) is 9.14. The smallest absolute Gasteiger partial charge is 0.337 e. The Kier molecular flexibility index (Phi) is 5.57. The highest BCUT2D eigenvalue weighted by molar-refractivity contribution is 7.73.